The van der Waals surface area contributed by atoms with Crippen molar-refractivity contribution in [3.8, 4) is 5.75 Å². The van der Waals surface area contributed by atoms with E-state index in [1.165, 1.54) is 6.07 Å². The first-order valence-corrected chi connectivity index (χ1v) is 5.02. The smallest absolute Gasteiger partial charge is 0.167 e. The van der Waals surface area contributed by atoms with Crippen LogP contribution in [0.4, 0.5) is 0 Å². The molecule has 14 heavy (non-hydrogen) atoms. The fourth-order valence-electron chi connectivity index (χ4n) is 1.87. The number of benzene rings is 1. The van der Waals surface area contributed by atoms with Gasteiger partial charge in [0.1, 0.15) is 5.75 Å². The van der Waals surface area contributed by atoms with Gasteiger partial charge in [-0.2, -0.15) is 0 Å². The molecule has 0 fully saturated rings. The van der Waals surface area contributed by atoms with Gasteiger partial charge in [-0.25, -0.2) is 0 Å². The first kappa shape index (κ1) is 9.81. The molecule has 0 unspecified atom stereocenters. The van der Waals surface area contributed by atoms with E-state index >= 15 is 0 Å². The maximum atomic E-state index is 11.5. The lowest BCUT2D eigenvalue weighted by atomic mass is 10.0. The summed E-state index contributed by atoms with van der Waals surface area (Å²) in [4.78, 5) is 11.5. The third kappa shape index (κ3) is 1.22. The third-order valence-corrected chi connectivity index (χ3v) is 3.11. The average molecular weight is 231 g/mol. The highest BCUT2D eigenvalue weighted by Gasteiger charge is 2.32. The number of hydrogen-bond donors (Lipinski definition) is 1. The first-order chi connectivity index (χ1) is 6.52. The molecule has 0 aliphatic heterocycles. The van der Waals surface area contributed by atoms with Gasteiger partial charge >= 0.3 is 0 Å². The van der Waals surface area contributed by atoms with Crippen molar-refractivity contribution in [2.75, 3.05) is 0 Å². The molecule has 0 saturated carbocycles. The van der Waals surface area contributed by atoms with Crippen LogP contribution in [-0.2, 0) is 0 Å². The predicted octanol–water partition coefficient (Wildman–Crippen LogP) is 3.39. The number of Topliss-reactive ketones (excluding diaryl/α,β-unsaturated/α-hetero) is 1. The van der Waals surface area contributed by atoms with Crippen molar-refractivity contribution in [3.05, 3.63) is 27.2 Å². The Morgan fingerprint density at radius 1 is 1.43 bits per heavy atom. The number of halogens is 2. The fraction of sp³-hybridized carbons (Fsp3) is 0.300. The van der Waals surface area contributed by atoms with E-state index in [1.54, 1.807) is 0 Å². The molecule has 74 valence electrons. The highest BCUT2D eigenvalue weighted by Crippen LogP contribution is 2.45. The molecule has 1 atom stereocenters. The molecule has 1 aliphatic rings. The SMILES string of the molecule is C[C@H]1CC(=O)c2c(O)c(Cl)cc(Cl)c21. The molecule has 1 N–H and O–H groups in total. The largest absolute Gasteiger partial charge is 0.506 e. The summed E-state index contributed by atoms with van der Waals surface area (Å²) in [6, 6.07) is 1.48. The van der Waals surface area contributed by atoms with Gasteiger partial charge in [0.25, 0.3) is 0 Å². The van der Waals surface area contributed by atoms with Crippen LogP contribution in [0, 0.1) is 0 Å². The van der Waals surface area contributed by atoms with E-state index in [0.717, 1.165) is 5.56 Å². The van der Waals surface area contributed by atoms with Gasteiger partial charge in [0, 0.05) is 11.4 Å². The molecule has 0 bridgehead atoms. The number of rotatable bonds is 0. The molecule has 1 aliphatic carbocycles. The van der Waals surface area contributed by atoms with Crippen LogP contribution in [0.3, 0.4) is 0 Å². The maximum absolute atomic E-state index is 11.5. The molecule has 2 nitrogen and oxygen atoms in total. The molecule has 0 heterocycles. The Balaban J connectivity index is 2.79. The van der Waals surface area contributed by atoms with Crippen LogP contribution < -0.4 is 0 Å². The number of aromatic hydroxyl groups is 1. The van der Waals surface area contributed by atoms with Gasteiger partial charge in [-0.3, -0.25) is 4.79 Å². The van der Waals surface area contributed by atoms with E-state index in [-0.39, 0.29) is 22.5 Å². The molecular weight excluding hydrogens is 223 g/mol. The molecule has 0 saturated heterocycles. The van der Waals surface area contributed by atoms with Gasteiger partial charge in [-0.15, -0.1) is 0 Å². The van der Waals surface area contributed by atoms with E-state index in [1.807, 2.05) is 6.92 Å². The molecule has 0 aromatic heterocycles. The highest BCUT2D eigenvalue weighted by molar-refractivity contribution is 6.37. The van der Waals surface area contributed by atoms with Crippen LogP contribution in [0.5, 0.6) is 5.75 Å². The van der Waals surface area contributed by atoms with Gasteiger partial charge in [-0.1, -0.05) is 30.1 Å². The lowest BCUT2D eigenvalue weighted by molar-refractivity contribution is 0.0988. The molecule has 2 rings (SSSR count). The van der Waals surface area contributed by atoms with Crippen LogP contribution in [0.25, 0.3) is 0 Å². The fourth-order valence-corrected chi connectivity index (χ4v) is 2.52. The van der Waals surface area contributed by atoms with Crippen molar-refractivity contribution in [2.45, 2.75) is 19.3 Å². The Bertz CT molecular complexity index is 427. The normalized spacial score (nSPS) is 19.9. The minimum absolute atomic E-state index is 0.0631. The summed E-state index contributed by atoms with van der Waals surface area (Å²) >= 11 is 11.7. The number of ketones is 1. The molecular formula is C10H8Cl2O2. The van der Waals surface area contributed by atoms with E-state index in [4.69, 9.17) is 23.2 Å². The minimum atomic E-state index is -0.139. The Labute approximate surface area is 91.4 Å². The summed E-state index contributed by atoms with van der Waals surface area (Å²) < 4.78 is 0. The number of hydrogen-bond acceptors (Lipinski definition) is 2. The van der Waals surface area contributed by atoms with Crippen LogP contribution in [0.2, 0.25) is 10.0 Å². The molecule has 0 amide bonds. The topological polar surface area (TPSA) is 37.3 Å². The molecule has 1 aromatic carbocycles. The maximum Gasteiger partial charge on any atom is 0.167 e. The Hall–Kier alpha value is -0.730. The van der Waals surface area contributed by atoms with Crippen molar-refractivity contribution in [2.24, 2.45) is 0 Å². The first-order valence-electron chi connectivity index (χ1n) is 4.26. The molecule has 4 heteroatoms. The van der Waals surface area contributed by atoms with Crippen molar-refractivity contribution in [3.63, 3.8) is 0 Å². The number of fused-ring (bicyclic) bond motifs is 1. The molecule has 1 aromatic rings. The summed E-state index contributed by atoms with van der Waals surface area (Å²) in [6.07, 6.45) is 0.392. The second-order valence-corrected chi connectivity index (χ2v) is 4.32. The highest BCUT2D eigenvalue weighted by atomic mass is 35.5. The Morgan fingerprint density at radius 2 is 2.07 bits per heavy atom. The quantitative estimate of drug-likeness (QED) is 0.742. The second-order valence-electron chi connectivity index (χ2n) is 3.51. The number of phenols is 1. The molecule has 0 spiro atoms. The summed E-state index contributed by atoms with van der Waals surface area (Å²) in [5, 5.41) is 10.2. The molecule has 0 radical (unpaired) electrons. The third-order valence-electron chi connectivity index (χ3n) is 2.51. The zero-order chi connectivity index (χ0) is 10.5. The van der Waals surface area contributed by atoms with Crippen LogP contribution in [-0.4, -0.2) is 10.9 Å². The summed E-state index contributed by atoms with van der Waals surface area (Å²) in [5.74, 6) is -0.164. The van der Waals surface area contributed by atoms with Crippen LogP contribution in [0.1, 0.15) is 35.2 Å². The van der Waals surface area contributed by atoms with Gasteiger partial charge in [0.05, 0.1) is 10.6 Å². The van der Waals surface area contributed by atoms with Gasteiger partial charge in [-0.05, 0) is 17.5 Å². The Kier molecular flexibility index (Phi) is 2.20. The summed E-state index contributed by atoms with van der Waals surface area (Å²) in [6.45, 7) is 1.91. The number of carbonyl (C=O) groups excluding carboxylic acids is 1. The Morgan fingerprint density at radius 3 is 2.71 bits per heavy atom. The van der Waals surface area contributed by atoms with Crippen molar-refractivity contribution < 1.29 is 9.90 Å². The van der Waals surface area contributed by atoms with E-state index in [2.05, 4.69) is 0 Å². The average Bonchev–Trinajstić information content (AvgIpc) is 2.38. The summed E-state index contributed by atoms with van der Waals surface area (Å²) in [7, 11) is 0. The standard InChI is InChI=1S/C10H8Cl2O2/c1-4-2-7(13)9-8(4)5(11)3-6(12)10(9)14/h3-4,14H,2H2,1H3/t4-/m0/s1. The van der Waals surface area contributed by atoms with Crippen molar-refractivity contribution in [1.82, 2.24) is 0 Å². The predicted molar refractivity (Wildman–Crippen MR) is 55.5 cm³/mol. The lowest BCUT2D eigenvalue weighted by Gasteiger charge is -2.08. The summed E-state index contributed by atoms with van der Waals surface area (Å²) in [5.41, 5.74) is 1.02. The second kappa shape index (κ2) is 3.14. The van der Waals surface area contributed by atoms with Crippen molar-refractivity contribution in [1.29, 1.82) is 0 Å². The van der Waals surface area contributed by atoms with E-state index < -0.39 is 0 Å². The lowest BCUT2D eigenvalue weighted by Crippen LogP contribution is -1.93. The van der Waals surface area contributed by atoms with Crippen LogP contribution in [0.15, 0.2) is 6.07 Å². The van der Waals surface area contributed by atoms with E-state index in [9.17, 15) is 9.90 Å². The zero-order valence-corrected chi connectivity index (χ0v) is 8.99. The number of phenolic OH excluding ortho intramolecular Hbond substituents is 1. The van der Waals surface area contributed by atoms with E-state index in [0.29, 0.717) is 17.0 Å². The zero-order valence-electron chi connectivity index (χ0n) is 7.47. The van der Waals surface area contributed by atoms with Gasteiger partial charge < -0.3 is 5.11 Å². The van der Waals surface area contributed by atoms with Crippen LogP contribution >= 0.6 is 23.2 Å². The van der Waals surface area contributed by atoms with Gasteiger partial charge in [0.15, 0.2) is 5.78 Å². The monoisotopic (exact) mass is 230 g/mol. The minimum Gasteiger partial charge on any atom is -0.506 e. The van der Waals surface area contributed by atoms with Crippen molar-refractivity contribution >= 4 is 29.0 Å². The van der Waals surface area contributed by atoms with Gasteiger partial charge in [0.2, 0.25) is 0 Å². The number of carbonyl (C=O) groups is 1.